The summed E-state index contributed by atoms with van der Waals surface area (Å²) in [5, 5.41) is 2.56. The topological polar surface area (TPSA) is 56.1 Å². The lowest BCUT2D eigenvalue weighted by molar-refractivity contribution is -0.0576. The van der Waals surface area contributed by atoms with Crippen molar-refractivity contribution < 1.29 is 18.3 Å². The summed E-state index contributed by atoms with van der Waals surface area (Å²) < 4.78 is 35.1. The lowest BCUT2D eigenvalue weighted by atomic mass is 10.1. The van der Waals surface area contributed by atoms with E-state index in [1.54, 1.807) is 12.1 Å². The van der Waals surface area contributed by atoms with Crippen molar-refractivity contribution >= 4 is 5.91 Å². The van der Waals surface area contributed by atoms with E-state index in [4.69, 9.17) is 4.74 Å². The summed E-state index contributed by atoms with van der Waals surface area (Å²) in [6, 6.07) is 7.13. The van der Waals surface area contributed by atoms with E-state index < -0.39 is 23.3 Å². The monoisotopic (exact) mass is 333 g/mol. The molecule has 1 aliphatic heterocycles. The second-order valence-electron chi connectivity index (χ2n) is 6.23. The first kappa shape index (κ1) is 15.3. The molecule has 2 fully saturated rings. The highest BCUT2D eigenvalue weighted by molar-refractivity contribution is 5.92. The maximum absolute atomic E-state index is 14.0. The molecule has 0 unspecified atom stereocenters. The van der Waals surface area contributed by atoms with Crippen LogP contribution in [0.15, 0.2) is 42.9 Å². The van der Waals surface area contributed by atoms with E-state index in [0.717, 1.165) is 5.69 Å². The van der Waals surface area contributed by atoms with E-state index in [2.05, 4.69) is 10.3 Å². The molecule has 4 rings (SSSR count). The van der Waals surface area contributed by atoms with Crippen LogP contribution in [0.4, 0.5) is 8.78 Å². The van der Waals surface area contributed by atoms with Crippen LogP contribution in [-0.4, -0.2) is 40.1 Å². The van der Waals surface area contributed by atoms with Crippen LogP contribution < -0.4 is 5.32 Å². The number of ether oxygens (including phenoxy) is 1. The van der Waals surface area contributed by atoms with Crippen LogP contribution in [-0.2, 0) is 4.74 Å². The number of carbonyl (C=O) groups is 1. The standard InChI is InChI=1S/C17H17F2N3O2/c18-17(19)14-4-3-9-24-16(14,17)11-21-15(23)13-10-12(5-6-20-13)22-7-1-2-8-22/h1-2,5-8,10,14H,3-4,9,11H2,(H,21,23)/t14-,16+/m1/s1. The number of hydrogen-bond acceptors (Lipinski definition) is 3. The Bertz CT molecular complexity index is 763. The third-order valence-electron chi connectivity index (χ3n) is 4.87. The first-order valence-electron chi connectivity index (χ1n) is 7.94. The van der Waals surface area contributed by atoms with Gasteiger partial charge in [-0.15, -0.1) is 0 Å². The molecular formula is C17H17F2N3O2. The van der Waals surface area contributed by atoms with Gasteiger partial charge in [-0.1, -0.05) is 0 Å². The largest absolute Gasteiger partial charge is 0.366 e. The minimum Gasteiger partial charge on any atom is -0.366 e. The van der Waals surface area contributed by atoms with Crippen LogP contribution in [0.5, 0.6) is 0 Å². The number of nitrogens with one attached hydrogen (secondary N) is 1. The lowest BCUT2D eigenvalue weighted by Gasteiger charge is -2.21. The highest BCUT2D eigenvalue weighted by Gasteiger charge is 2.82. The summed E-state index contributed by atoms with van der Waals surface area (Å²) in [6.07, 6.45) is 6.29. The quantitative estimate of drug-likeness (QED) is 0.935. The fraction of sp³-hybridized carbons (Fsp3) is 0.412. The molecule has 2 aromatic rings. The second kappa shape index (κ2) is 5.37. The molecule has 1 amide bonds. The van der Waals surface area contributed by atoms with Gasteiger partial charge in [-0.25, -0.2) is 8.78 Å². The number of pyridine rings is 1. The Morgan fingerprint density at radius 1 is 1.42 bits per heavy atom. The summed E-state index contributed by atoms with van der Waals surface area (Å²) in [5.41, 5.74) is -0.561. The molecule has 1 N–H and O–H groups in total. The van der Waals surface area contributed by atoms with Crippen molar-refractivity contribution in [1.82, 2.24) is 14.9 Å². The number of aromatic nitrogens is 2. The second-order valence-corrected chi connectivity index (χ2v) is 6.23. The Hall–Kier alpha value is -2.28. The molecule has 126 valence electrons. The third kappa shape index (κ3) is 2.23. The fourth-order valence-electron chi connectivity index (χ4n) is 3.46. The molecule has 3 heterocycles. The number of alkyl halides is 2. The van der Waals surface area contributed by atoms with Gasteiger partial charge < -0.3 is 14.6 Å². The number of hydrogen-bond donors (Lipinski definition) is 1. The molecule has 0 spiro atoms. The number of fused-ring (bicyclic) bond motifs is 1. The van der Waals surface area contributed by atoms with Crippen molar-refractivity contribution in [2.24, 2.45) is 5.92 Å². The maximum Gasteiger partial charge on any atom is 0.284 e. The predicted molar refractivity (Wildman–Crippen MR) is 82.3 cm³/mol. The molecule has 2 aliphatic rings. The predicted octanol–water partition coefficient (Wildman–Crippen LogP) is 2.42. The Kier molecular flexibility index (Phi) is 3.42. The van der Waals surface area contributed by atoms with Crippen molar-refractivity contribution in [2.75, 3.05) is 13.2 Å². The zero-order chi connectivity index (χ0) is 16.8. The number of nitrogens with zero attached hydrogens (tertiary/aromatic N) is 2. The molecule has 1 saturated carbocycles. The van der Waals surface area contributed by atoms with Gasteiger partial charge in [0.05, 0.1) is 12.5 Å². The van der Waals surface area contributed by atoms with Crippen molar-refractivity contribution in [1.29, 1.82) is 0 Å². The van der Waals surface area contributed by atoms with E-state index in [-0.39, 0.29) is 12.2 Å². The lowest BCUT2D eigenvalue weighted by Crippen LogP contribution is -2.41. The fourth-order valence-corrected chi connectivity index (χ4v) is 3.46. The smallest absolute Gasteiger partial charge is 0.284 e. The Labute approximate surface area is 137 Å². The minimum atomic E-state index is -2.86. The molecular weight excluding hydrogens is 316 g/mol. The van der Waals surface area contributed by atoms with E-state index in [0.29, 0.717) is 19.4 Å². The average molecular weight is 333 g/mol. The van der Waals surface area contributed by atoms with Gasteiger partial charge in [-0.05, 0) is 37.1 Å². The van der Waals surface area contributed by atoms with Gasteiger partial charge in [0.25, 0.3) is 11.8 Å². The van der Waals surface area contributed by atoms with Crippen molar-refractivity contribution in [3.63, 3.8) is 0 Å². The molecule has 1 saturated heterocycles. The molecule has 1 aliphatic carbocycles. The van der Waals surface area contributed by atoms with E-state index in [1.807, 2.05) is 29.1 Å². The van der Waals surface area contributed by atoms with Crippen LogP contribution in [0.25, 0.3) is 5.69 Å². The Morgan fingerprint density at radius 2 is 2.21 bits per heavy atom. The van der Waals surface area contributed by atoms with E-state index in [1.165, 1.54) is 6.20 Å². The summed E-state index contributed by atoms with van der Waals surface area (Å²) in [4.78, 5) is 16.3. The molecule has 0 bridgehead atoms. The first-order valence-corrected chi connectivity index (χ1v) is 7.94. The summed E-state index contributed by atoms with van der Waals surface area (Å²) >= 11 is 0. The average Bonchev–Trinajstić information content (AvgIpc) is 2.98. The van der Waals surface area contributed by atoms with Gasteiger partial charge in [-0.3, -0.25) is 9.78 Å². The van der Waals surface area contributed by atoms with Gasteiger partial charge in [0.2, 0.25) is 0 Å². The SMILES string of the molecule is O=C(NC[C@]12OCCC[C@H]1C2(F)F)c1cc(-n2cccc2)ccn1. The van der Waals surface area contributed by atoms with Crippen LogP contribution >= 0.6 is 0 Å². The van der Waals surface area contributed by atoms with Crippen molar-refractivity contribution in [3.05, 3.63) is 48.5 Å². The summed E-state index contributed by atoms with van der Waals surface area (Å²) in [5.74, 6) is -4.13. The summed E-state index contributed by atoms with van der Waals surface area (Å²) in [7, 11) is 0. The highest BCUT2D eigenvalue weighted by Crippen LogP contribution is 2.64. The van der Waals surface area contributed by atoms with Gasteiger partial charge in [-0.2, -0.15) is 0 Å². The van der Waals surface area contributed by atoms with Gasteiger partial charge in [0.15, 0.2) is 5.60 Å². The Balaban J connectivity index is 1.47. The third-order valence-corrected chi connectivity index (χ3v) is 4.87. The van der Waals surface area contributed by atoms with Crippen LogP contribution in [0.2, 0.25) is 0 Å². The zero-order valence-corrected chi connectivity index (χ0v) is 12.9. The van der Waals surface area contributed by atoms with Gasteiger partial charge >= 0.3 is 0 Å². The van der Waals surface area contributed by atoms with Crippen LogP contribution in [0.3, 0.4) is 0 Å². The van der Waals surface area contributed by atoms with Crippen LogP contribution in [0, 0.1) is 5.92 Å². The molecule has 0 aromatic carbocycles. The number of carbonyl (C=O) groups excluding carboxylic acids is 1. The molecule has 2 atom stereocenters. The van der Waals surface area contributed by atoms with Crippen molar-refractivity contribution in [2.45, 2.75) is 24.4 Å². The van der Waals surface area contributed by atoms with Gasteiger partial charge in [0.1, 0.15) is 5.69 Å². The van der Waals surface area contributed by atoms with Gasteiger partial charge in [0, 0.05) is 30.9 Å². The number of rotatable bonds is 4. The molecule has 24 heavy (non-hydrogen) atoms. The summed E-state index contributed by atoms with van der Waals surface area (Å²) in [6.45, 7) is 0.113. The highest BCUT2D eigenvalue weighted by atomic mass is 19.3. The number of halogens is 2. The first-order chi connectivity index (χ1) is 11.5. The van der Waals surface area contributed by atoms with Crippen LogP contribution in [0.1, 0.15) is 23.3 Å². The van der Waals surface area contributed by atoms with E-state index in [9.17, 15) is 13.6 Å². The molecule has 5 nitrogen and oxygen atoms in total. The Morgan fingerprint density at radius 3 is 2.96 bits per heavy atom. The zero-order valence-electron chi connectivity index (χ0n) is 12.9. The number of amides is 1. The van der Waals surface area contributed by atoms with Crippen molar-refractivity contribution in [3.8, 4) is 5.69 Å². The maximum atomic E-state index is 14.0. The normalized spacial score (nSPS) is 27.3. The molecule has 0 radical (unpaired) electrons. The van der Waals surface area contributed by atoms with E-state index >= 15 is 0 Å². The molecule has 7 heteroatoms. The minimum absolute atomic E-state index is 0.189. The molecule has 2 aromatic heterocycles.